The number of hydrogen-bond acceptors (Lipinski definition) is 1. The highest BCUT2D eigenvalue weighted by Gasteiger charge is 1.91. The summed E-state index contributed by atoms with van der Waals surface area (Å²) in [5.74, 6) is 0. The number of hydrogen-bond donors (Lipinski definition) is 1. The fourth-order valence-corrected chi connectivity index (χ4v) is 0.653. The van der Waals surface area contributed by atoms with E-state index >= 15 is 0 Å². The van der Waals surface area contributed by atoms with Crippen LogP contribution in [0.1, 0.15) is 6.92 Å². The highest BCUT2D eigenvalue weighted by molar-refractivity contribution is 5.36. The summed E-state index contributed by atoms with van der Waals surface area (Å²) in [4.78, 5) is 0. The molecule has 0 aliphatic heterocycles. The lowest BCUT2D eigenvalue weighted by Crippen LogP contribution is -2.05. The third-order valence-electron chi connectivity index (χ3n) is 1.32. The van der Waals surface area contributed by atoms with Gasteiger partial charge in [-0.2, -0.15) is 0 Å². The molecule has 0 heterocycles. The Morgan fingerprint density at radius 2 is 2.09 bits per heavy atom. The molecule has 0 rings (SSSR count). The van der Waals surface area contributed by atoms with Crippen LogP contribution in [0.3, 0.4) is 0 Å². The minimum absolute atomic E-state index is 0.908. The van der Waals surface area contributed by atoms with Crippen molar-refractivity contribution in [1.29, 1.82) is 0 Å². The summed E-state index contributed by atoms with van der Waals surface area (Å²) in [6, 6.07) is 0. The predicted octanol–water partition coefficient (Wildman–Crippen LogP) is 2.41. The molecular formula is C10H15N. The van der Waals surface area contributed by atoms with Crippen molar-refractivity contribution in [3.05, 3.63) is 48.7 Å². The molecule has 0 aromatic carbocycles. The molecule has 0 radical (unpaired) electrons. The molecule has 0 aromatic rings. The van der Waals surface area contributed by atoms with Gasteiger partial charge in [0.1, 0.15) is 0 Å². The Morgan fingerprint density at radius 3 is 2.45 bits per heavy atom. The normalized spacial score (nSPS) is 11.6. The van der Waals surface area contributed by atoms with Crippen LogP contribution in [0.15, 0.2) is 48.7 Å². The molecule has 0 amide bonds. The largest absolute Gasteiger partial charge is 0.388 e. The molecule has 11 heavy (non-hydrogen) atoms. The lowest BCUT2D eigenvalue weighted by Gasteiger charge is -2.03. The lowest BCUT2D eigenvalue weighted by atomic mass is 10.2. The molecular weight excluding hydrogens is 134 g/mol. The molecule has 1 heteroatoms. The smallest absolute Gasteiger partial charge is 0.0404 e. The van der Waals surface area contributed by atoms with Crippen molar-refractivity contribution in [3.63, 3.8) is 0 Å². The summed E-state index contributed by atoms with van der Waals surface area (Å²) in [5.41, 5.74) is 1.91. The van der Waals surface area contributed by atoms with Gasteiger partial charge in [-0.1, -0.05) is 31.4 Å². The van der Waals surface area contributed by atoms with Crippen molar-refractivity contribution in [3.8, 4) is 0 Å². The maximum absolute atomic E-state index is 3.81. The molecule has 0 saturated carbocycles. The van der Waals surface area contributed by atoms with Crippen molar-refractivity contribution in [2.75, 3.05) is 7.05 Å². The summed E-state index contributed by atoms with van der Waals surface area (Å²) in [6.07, 6.45) is 7.62. The maximum Gasteiger partial charge on any atom is 0.0404 e. The highest BCUT2D eigenvalue weighted by atomic mass is 14.8. The van der Waals surface area contributed by atoms with E-state index < -0.39 is 0 Å². The quantitative estimate of drug-likeness (QED) is 0.605. The summed E-state index contributed by atoms with van der Waals surface area (Å²) in [7, 11) is 1.87. The second kappa shape index (κ2) is 5.54. The molecule has 0 unspecified atom stereocenters. The molecule has 0 fully saturated rings. The third kappa shape index (κ3) is 3.46. The van der Waals surface area contributed by atoms with E-state index in [1.165, 1.54) is 0 Å². The van der Waals surface area contributed by atoms with Gasteiger partial charge in [-0.15, -0.1) is 0 Å². The molecule has 1 N–H and O–H groups in total. The zero-order valence-electron chi connectivity index (χ0n) is 7.22. The summed E-state index contributed by atoms with van der Waals surface area (Å²) >= 11 is 0. The minimum atomic E-state index is 0.908. The summed E-state index contributed by atoms with van der Waals surface area (Å²) in [6.45, 7) is 9.42. The predicted molar refractivity (Wildman–Crippen MR) is 51.3 cm³/mol. The maximum atomic E-state index is 3.81. The fraction of sp³-hybridized carbons (Fsp3) is 0.200. The van der Waals surface area contributed by atoms with Gasteiger partial charge in [-0.25, -0.2) is 0 Å². The van der Waals surface area contributed by atoms with E-state index in [9.17, 15) is 0 Å². The first-order valence-corrected chi connectivity index (χ1v) is 3.58. The fourth-order valence-electron chi connectivity index (χ4n) is 0.653. The van der Waals surface area contributed by atoms with Crippen LogP contribution in [0.5, 0.6) is 0 Å². The van der Waals surface area contributed by atoms with Gasteiger partial charge in [-0.05, 0) is 18.6 Å². The SMILES string of the molecule is C=CC(=C)/C(=C\C=C/C)NC. The first-order valence-electron chi connectivity index (χ1n) is 3.58. The Bertz CT molecular complexity index is 197. The number of allylic oxidation sites excluding steroid dienone is 4. The average Bonchev–Trinajstić information content (AvgIpc) is 2.05. The van der Waals surface area contributed by atoms with E-state index in [4.69, 9.17) is 0 Å². The molecule has 1 nitrogen and oxygen atoms in total. The third-order valence-corrected chi connectivity index (χ3v) is 1.32. The van der Waals surface area contributed by atoms with Crippen LogP contribution >= 0.6 is 0 Å². The standard InChI is InChI=1S/C10H15N/c1-5-7-8-10(11-4)9(3)6-2/h5-8,11H,2-3H2,1,4H3/b7-5-,10-8+. The van der Waals surface area contributed by atoms with E-state index in [1.807, 2.05) is 32.2 Å². The van der Waals surface area contributed by atoms with Gasteiger partial charge in [0.05, 0.1) is 0 Å². The summed E-state index contributed by atoms with van der Waals surface area (Å²) in [5, 5.41) is 3.03. The van der Waals surface area contributed by atoms with Crippen LogP contribution in [-0.4, -0.2) is 7.05 Å². The molecule has 0 atom stereocenters. The van der Waals surface area contributed by atoms with Crippen molar-refractivity contribution in [1.82, 2.24) is 5.32 Å². The van der Waals surface area contributed by atoms with Gasteiger partial charge in [0.25, 0.3) is 0 Å². The zero-order chi connectivity index (χ0) is 8.69. The molecule has 60 valence electrons. The molecule has 0 spiro atoms. The number of likely N-dealkylation sites (N-methyl/N-ethyl adjacent to an activating group) is 1. The van der Waals surface area contributed by atoms with Gasteiger partial charge in [0.15, 0.2) is 0 Å². The van der Waals surface area contributed by atoms with Crippen LogP contribution in [0, 0.1) is 0 Å². The van der Waals surface area contributed by atoms with Crippen molar-refractivity contribution in [2.45, 2.75) is 6.92 Å². The summed E-state index contributed by atoms with van der Waals surface area (Å²) < 4.78 is 0. The highest BCUT2D eigenvalue weighted by Crippen LogP contribution is 2.03. The van der Waals surface area contributed by atoms with Crippen LogP contribution in [0.4, 0.5) is 0 Å². The molecule has 0 bridgehead atoms. The molecule has 0 aliphatic rings. The van der Waals surface area contributed by atoms with Crippen LogP contribution in [0.2, 0.25) is 0 Å². The van der Waals surface area contributed by atoms with Crippen LogP contribution in [-0.2, 0) is 0 Å². The van der Waals surface area contributed by atoms with Gasteiger partial charge in [0, 0.05) is 12.7 Å². The van der Waals surface area contributed by atoms with E-state index in [1.54, 1.807) is 6.08 Å². The zero-order valence-corrected chi connectivity index (χ0v) is 7.22. The number of nitrogens with one attached hydrogen (secondary N) is 1. The van der Waals surface area contributed by atoms with Crippen LogP contribution < -0.4 is 5.32 Å². The monoisotopic (exact) mass is 149 g/mol. The molecule has 0 saturated heterocycles. The van der Waals surface area contributed by atoms with E-state index in [0.717, 1.165) is 11.3 Å². The minimum Gasteiger partial charge on any atom is -0.388 e. The van der Waals surface area contributed by atoms with Gasteiger partial charge >= 0.3 is 0 Å². The van der Waals surface area contributed by atoms with E-state index in [-0.39, 0.29) is 0 Å². The average molecular weight is 149 g/mol. The van der Waals surface area contributed by atoms with Gasteiger partial charge in [0.2, 0.25) is 0 Å². The van der Waals surface area contributed by atoms with E-state index in [0.29, 0.717) is 0 Å². The van der Waals surface area contributed by atoms with Crippen LogP contribution in [0.25, 0.3) is 0 Å². The number of rotatable bonds is 4. The van der Waals surface area contributed by atoms with Crippen molar-refractivity contribution < 1.29 is 0 Å². The van der Waals surface area contributed by atoms with E-state index in [2.05, 4.69) is 18.5 Å². The van der Waals surface area contributed by atoms with Crippen molar-refractivity contribution in [2.24, 2.45) is 0 Å². The van der Waals surface area contributed by atoms with Gasteiger partial charge < -0.3 is 5.32 Å². The Kier molecular flexibility index (Phi) is 4.91. The molecule has 0 aliphatic carbocycles. The van der Waals surface area contributed by atoms with Crippen molar-refractivity contribution >= 4 is 0 Å². The lowest BCUT2D eigenvalue weighted by molar-refractivity contribution is 1.02. The second-order valence-corrected chi connectivity index (χ2v) is 2.09. The second-order valence-electron chi connectivity index (χ2n) is 2.09. The Morgan fingerprint density at radius 1 is 1.45 bits per heavy atom. The topological polar surface area (TPSA) is 12.0 Å². The molecule has 0 aromatic heterocycles. The Balaban J connectivity index is 4.38. The first-order chi connectivity index (χ1) is 5.26. The first kappa shape index (κ1) is 9.76. The Hall–Kier alpha value is -1.24. The Labute approximate surface area is 68.8 Å². The van der Waals surface area contributed by atoms with Gasteiger partial charge in [-0.3, -0.25) is 0 Å².